The average Bonchev–Trinajstić information content (AvgIpc) is 2.29. The van der Waals surface area contributed by atoms with Crippen LogP contribution < -0.4 is 11.5 Å². The first-order chi connectivity index (χ1) is 8.13. The van der Waals surface area contributed by atoms with Crippen LogP contribution in [0.25, 0.3) is 0 Å². The van der Waals surface area contributed by atoms with E-state index < -0.39 is 0 Å². The van der Waals surface area contributed by atoms with Gasteiger partial charge >= 0.3 is 0 Å². The Morgan fingerprint density at radius 1 is 1.29 bits per heavy atom. The number of hydrogen-bond donors (Lipinski definition) is 2. The Balaban J connectivity index is 2.21. The minimum absolute atomic E-state index is 0.00373. The van der Waals surface area contributed by atoms with Crippen LogP contribution in [0.4, 0.5) is 0 Å². The molecule has 1 saturated heterocycles. The summed E-state index contributed by atoms with van der Waals surface area (Å²) in [5.74, 6) is 0.0542. The number of likely N-dealkylation sites (tertiary alicyclic amines) is 1. The second-order valence-corrected chi connectivity index (χ2v) is 4.34. The van der Waals surface area contributed by atoms with Crippen molar-refractivity contribution >= 4 is 11.8 Å². The standard InChI is InChI=1S/C11H21N3O3/c12-3-6-17-8-11(16)14-4-1-9(2-5-14)7-10(13)15/h9H,1-8,12H2,(H2,13,15). The molecule has 0 aromatic carbocycles. The number of nitrogens with two attached hydrogens (primary N) is 2. The average molecular weight is 243 g/mol. The van der Waals surface area contributed by atoms with Gasteiger partial charge in [-0.25, -0.2) is 0 Å². The quantitative estimate of drug-likeness (QED) is 0.589. The minimum Gasteiger partial charge on any atom is -0.370 e. The number of carbonyl (C=O) groups excluding carboxylic acids is 2. The summed E-state index contributed by atoms with van der Waals surface area (Å²) >= 11 is 0. The lowest BCUT2D eigenvalue weighted by molar-refractivity contribution is -0.137. The molecule has 1 aliphatic heterocycles. The Labute approximate surface area is 101 Å². The van der Waals surface area contributed by atoms with E-state index in [-0.39, 0.29) is 18.4 Å². The number of hydrogen-bond acceptors (Lipinski definition) is 4. The van der Waals surface area contributed by atoms with Crippen LogP contribution in [0.15, 0.2) is 0 Å². The van der Waals surface area contributed by atoms with Crippen molar-refractivity contribution in [2.45, 2.75) is 19.3 Å². The van der Waals surface area contributed by atoms with Crippen molar-refractivity contribution in [2.24, 2.45) is 17.4 Å². The molecule has 1 aliphatic rings. The van der Waals surface area contributed by atoms with Gasteiger partial charge in [0.25, 0.3) is 0 Å². The molecule has 98 valence electrons. The van der Waals surface area contributed by atoms with Crippen molar-refractivity contribution in [3.8, 4) is 0 Å². The number of carbonyl (C=O) groups is 2. The fourth-order valence-corrected chi connectivity index (χ4v) is 2.01. The zero-order chi connectivity index (χ0) is 12.7. The molecule has 17 heavy (non-hydrogen) atoms. The predicted octanol–water partition coefficient (Wildman–Crippen LogP) is -0.924. The van der Waals surface area contributed by atoms with E-state index in [0.717, 1.165) is 12.8 Å². The summed E-state index contributed by atoms with van der Waals surface area (Å²) in [5.41, 5.74) is 10.4. The molecule has 1 heterocycles. The summed E-state index contributed by atoms with van der Waals surface area (Å²) in [4.78, 5) is 24.2. The van der Waals surface area contributed by atoms with Crippen molar-refractivity contribution in [1.82, 2.24) is 4.90 Å². The van der Waals surface area contributed by atoms with Gasteiger partial charge in [0.1, 0.15) is 6.61 Å². The molecule has 0 unspecified atom stereocenters. The molecule has 4 N–H and O–H groups in total. The fraction of sp³-hybridized carbons (Fsp3) is 0.818. The van der Waals surface area contributed by atoms with E-state index in [4.69, 9.17) is 16.2 Å². The normalized spacial score (nSPS) is 17.1. The molecule has 0 atom stereocenters. The maximum Gasteiger partial charge on any atom is 0.248 e. The van der Waals surface area contributed by atoms with Crippen LogP contribution in [0.5, 0.6) is 0 Å². The van der Waals surface area contributed by atoms with Crippen molar-refractivity contribution < 1.29 is 14.3 Å². The van der Waals surface area contributed by atoms with Gasteiger partial charge in [-0.15, -0.1) is 0 Å². The van der Waals surface area contributed by atoms with Crippen LogP contribution in [0.3, 0.4) is 0 Å². The highest BCUT2D eigenvalue weighted by Crippen LogP contribution is 2.20. The maximum atomic E-state index is 11.7. The van der Waals surface area contributed by atoms with Crippen molar-refractivity contribution in [3.05, 3.63) is 0 Å². The molecule has 0 saturated carbocycles. The lowest BCUT2D eigenvalue weighted by Gasteiger charge is -2.31. The predicted molar refractivity (Wildman–Crippen MR) is 63.0 cm³/mol. The summed E-state index contributed by atoms with van der Waals surface area (Å²) < 4.78 is 5.10. The topological polar surface area (TPSA) is 98.7 Å². The van der Waals surface area contributed by atoms with Crippen LogP contribution in [-0.4, -0.2) is 49.6 Å². The zero-order valence-electron chi connectivity index (χ0n) is 10.1. The first kappa shape index (κ1) is 13.9. The number of ether oxygens (including phenoxy) is 1. The van der Waals surface area contributed by atoms with Crippen LogP contribution in [0.1, 0.15) is 19.3 Å². The molecule has 0 aliphatic carbocycles. The number of nitrogens with zero attached hydrogens (tertiary/aromatic N) is 1. The third-order valence-corrected chi connectivity index (χ3v) is 2.94. The molecule has 0 bridgehead atoms. The van der Waals surface area contributed by atoms with Crippen molar-refractivity contribution in [3.63, 3.8) is 0 Å². The lowest BCUT2D eigenvalue weighted by atomic mass is 9.93. The van der Waals surface area contributed by atoms with Gasteiger partial charge < -0.3 is 21.1 Å². The molecule has 1 rings (SSSR count). The molecule has 1 fully saturated rings. The molecule has 0 aromatic heterocycles. The van der Waals surface area contributed by atoms with Gasteiger partial charge in [0.05, 0.1) is 6.61 Å². The molecular formula is C11H21N3O3. The van der Waals surface area contributed by atoms with Gasteiger partial charge in [-0.05, 0) is 18.8 Å². The highest BCUT2D eigenvalue weighted by atomic mass is 16.5. The third-order valence-electron chi connectivity index (χ3n) is 2.94. The second-order valence-electron chi connectivity index (χ2n) is 4.34. The molecule has 6 nitrogen and oxygen atoms in total. The second kappa shape index (κ2) is 7.24. The Kier molecular flexibility index (Phi) is 5.93. The van der Waals surface area contributed by atoms with E-state index in [1.807, 2.05) is 0 Å². The fourth-order valence-electron chi connectivity index (χ4n) is 2.01. The first-order valence-electron chi connectivity index (χ1n) is 5.97. The molecule has 2 amide bonds. The largest absolute Gasteiger partial charge is 0.370 e. The number of piperidine rings is 1. The van der Waals surface area contributed by atoms with E-state index >= 15 is 0 Å². The molecule has 6 heteroatoms. The Morgan fingerprint density at radius 2 is 1.94 bits per heavy atom. The van der Waals surface area contributed by atoms with Gasteiger partial charge in [-0.2, -0.15) is 0 Å². The summed E-state index contributed by atoms with van der Waals surface area (Å²) in [5, 5.41) is 0. The van der Waals surface area contributed by atoms with Crippen LogP contribution >= 0.6 is 0 Å². The third kappa shape index (κ3) is 5.14. The Hall–Kier alpha value is -1.14. The van der Waals surface area contributed by atoms with Gasteiger partial charge in [-0.1, -0.05) is 0 Å². The molecule has 0 aromatic rings. The van der Waals surface area contributed by atoms with Crippen LogP contribution in [0, 0.1) is 5.92 Å². The van der Waals surface area contributed by atoms with E-state index in [9.17, 15) is 9.59 Å². The minimum atomic E-state index is -0.263. The van der Waals surface area contributed by atoms with Gasteiger partial charge in [-0.3, -0.25) is 9.59 Å². The number of amides is 2. The summed E-state index contributed by atoms with van der Waals surface area (Å²) in [6, 6.07) is 0. The molecular weight excluding hydrogens is 222 g/mol. The van der Waals surface area contributed by atoms with Crippen molar-refractivity contribution in [1.29, 1.82) is 0 Å². The highest BCUT2D eigenvalue weighted by Gasteiger charge is 2.23. The zero-order valence-corrected chi connectivity index (χ0v) is 10.1. The molecule has 0 radical (unpaired) electrons. The lowest BCUT2D eigenvalue weighted by Crippen LogP contribution is -2.41. The van der Waals surface area contributed by atoms with Crippen LogP contribution in [-0.2, 0) is 14.3 Å². The highest BCUT2D eigenvalue weighted by molar-refractivity contribution is 5.77. The van der Waals surface area contributed by atoms with E-state index in [2.05, 4.69) is 0 Å². The molecule has 0 spiro atoms. The van der Waals surface area contributed by atoms with Crippen molar-refractivity contribution in [2.75, 3.05) is 32.8 Å². The van der Waals surface area contributed by atoms with E-state index in [1.165, 1.54) is 0 Å². The van der Waals surface area contributed by atoms with E-state index in [0.29, 0.717) is 38.6 Å². The smallest absolute Gasteiger partial charge is 0.248 e. The monoisotopic (exact) mass is 243 g/mol. The van der Waals surface area contributed by atoms with Gasteiger partial charge in [0.2, 0.25) is 11.8 Å². The SMILES string of the molecule is NCCOCC(=O)N1CCC(CC(N)=O)CC1. The van der Waals surface area contributed by atoms with Gasteiger partial charge in [0.15, 0.2) is 0 Å². The van der Waals surface area contributed by atoms with Gasteiger partial charge in [0, 0.05) is 26.1 Å². The van der Waals surface area contributed by atoms with Crippen LogP contribution in [0.2, 0.25) is 0 Å². The number of rotatable bonds is 6. The summed E-state index contributed by atoms with van der Waals surface area (Å²) in [7, 11) is 0. The first-order valence-corrected chi connectivity index (χ1v) is 5.97. The maximum absolute atomic E-state index is 11.7. The van der Waals surface area contributed by atoms with E-state index in [1.54, 1.807) is 4.90 Å². The summed E-state index contributed by atoms with van der Waals surface area (Å²) in [6.07, 6.45) is 2.10. The number of primary amides is 1. The Morgan fingerprint density at radius 3 is 2.47 bits per heavy atom. The summed E-state index contributed by atoms with van der Waals surface area (Å²) in [6.45, 7) is 2.29. The Bertz CT molecular complexity index is 263.